The van der Waals surface area contributed by atoms with E-state index in [-0.39, 0.29) is 24.7 Å². The van der Waals surface area contributed by atoms with Gasteiger partial charge in [0, 0.05) is 49.7 Å². The van der Waals surface area contributed by atoms with Crippen molar-refractivity contribution in [2.45, 2.75) is 71.3 Å². The zero-order valence-corrected chi connectivity index (χ0v) is 22.3. The number of nitriles is 1. The fourth-order valence-corrected chi connectivity index (χ4v) is 5.76. The van der Waals surface area contributed by atoms with Crippen LogP contribution in [0.15, 0.2) is 47.7 Å². The number of piperazine rings is 1. The lowest BCUT2D eigenvalue weighted by Gasteiger charge is -2.49. The number of fused-ring (bicyclic) bond motifs is 2. The molecule has 5 rings (SSSR count). The van der Waals surface area contributed by atoms with Crippen molar-refractivity contribution in [2.75, 3.05) is 18.0 Å². The number of benzene rings is 1. The molecule has 1 aromatic carbocycles. The van der Waals surface area contributed by atoms with Gasteiger partial charge in [0.2, 0.25) is 0 Å². The van der Waals surface area contributed by atoms with Gasteiger partial charge in [0.05, 0.1) is 41.0 Å². The third-order valence-electron chi connectivity index (χ3n) is 7.82. The molecule has 0 N–H and O–H groups in total. The topological polar surface area (TPSA) is 95.9 Å². The second-order valence-corrected chi connectivity index (χ2v) is 10.0. The number of aromatic nitrogens is 5. The molecule has 1 aliphatic heterocycles. The Bertz CT molecular complexity index is 1580. The minimum absolute atomic E-state index is 0.0345. The van der Waals surface area contributed by atoms with Gasteiger partial charge in [-0.2, -0.15) is 10.4 Å². The molecule has 1 fully saturated rings. The van der Waals surface area contributed by atoms with Crippen LogP contribution in [-0.4, -0.2) is 60.8 Å². The number of anilines is 1. The summed E-state index contributed by atoms with van der Waals surface area (Å²) in [5.41, 5.74) is 3.81. The molecule has 11 heteroatoms. The third-order valence-corrected chi connectivity index (χ3v) is 7.82. The maximum atomic E-state index is 13.3. The molecular formula is C28H32F2N8O. The van der Waals surface area contributed by atoms with Gasteiger partial charge in [-0.1, -0.05) is 19.9 Å². The monoisotopic (exact) mass is 534 g/mol. The van der Waals surface area contributed by atoms with Crippen LogP contribution in [0.1, 0.15) is 45.2 Å². The SMILES string of the molecule is CC[C@H]1CN([C@H](C)c2ccc3nccnc3c2)[C@H](CC)CN1c1cc(=O)n(CC(F)F)c2cn(CC#N)nc12. The lowest BCUT2D eigenvalue weighted by atomic mass is 9.96. The van der Waals surface area contributed by atoms with Crippen molar-refractivity contribution in [1.82, 2.24) is 29.2 Å². The molecular weight excluding hydrogens is 502 g/mol. The molecule has 0 unspecified atom stereocenters. The summed E-state index contributed by atoms with van der Waals surface area (Å²) in [6.45, 7) is 7.13. The largest absolute Gasteiger partial charge is 0.364 e. The van der Waals surface area contributed by atoms with Crippen LogP contribution in [0.25, 0.3) is 22.1 Å². The molecule has 4 heterocycles. The lowest BCUT2D eigenvalue weighted by Crippen LogP contribution is -2.58. The summed E-state index contributed by atoms with van der Waals surface area (Å²) in [7, 11) is 0. The normalized spacial score (nSPS) is 19.2. The Hall–Kier alpha value is -3.91. The summed E-state index contributed by atoms with van der Waals surface area (Å²) in [6.07, 6.45) is 3.93. The van der Waals surface area contributed by atoms with Crippen LogP contribution in [0.5, 0.6) is 0 Å². The second kappa shape index (κ2) is 11.1. The van der Waals surface area contributed by atoms with Gasteiger partial charge in [-0.25, -0.2) is 8.78 Å². The van der Waals surface area contributed by atoms with Crippen LogP contribution in [-0.2, 0) is 13.1 Å². The summed E-state index contributed by atoms with van der Waals surface area (Å²) >= 11 is 0. The van der Waals surface area contributed by atoms with Gasteiger partial charge in [-0.3, -0.25) is 28.9 Å². The van der Waals surface area contributed by atoms with Crippen molar-refractivity contribution >= 4 is 27.8 Å². The third kappa shape index (κ3) is 5.08. The molecule has 0 radical (unpaired) electrons. The Morgan fingerprint density at radius 1 is 1.08 bits per heavy atom. The first-order valence-corrected chi connectivity index (χ1v) is 13.3. The highest BCUT2D eigenvalue weighted by molar-refractivity contribution is 5.88. The number of alkyl halides is 2. The predicted octanol–water partition coefficient (Wildman–Crippen LogP) is 4.37. The smallest absolute Gasteiger partial charge is 0.256 e. The van der Waals surface area contributed by atoms with Crippen molar-refractivity contribution in [2.24, 2.45) is 0 Å². The van der Waals surface area contributed by atoms with Crippen molar-refractivity contribution in [3.05, 3.63) is 58.8 Å². The maximum Gasteiger partial charge on any atom is 0.256 e. The van der Waals surface area contributed by atoms with Crippen LogP contribution in [0.3, 0.4) is 0 Å². The molecule has 4 aromatic rings. The van der Waals surface area contributed by atoms with E-state index in [0.29, 0.717) is 23.3 Å². The van der Waals surface area contributed by atoms with Crippen molar-refractivity contribution in [1.29, 1.82) is 5.26 Å². The Morgan fingerprint density at radius 2 is 1.82 bits per heavy atom. The highest BCUT2D eigenvalue weighted by Gasteiger charge is 2.36. The standard InChI is InChI=1S/C28H32F2N8O/c1-4-20-15-37(24-13-27(39)38(17-26(29)30)25-16-35(11-8-31)34-28(24)25)21(5-2)14-36(20)18(3)19-6-7-22-23(12-19)33-10-9-32-22/h6-7,9-10,12-13,16,18,20-21,26H,4-5,11,14-15,17H2,1-3H3/t18-,20-,21+/m1/s1. The highest BCUT2D eigenvalue weighted by atomic mass is 19.3. The zero-order valence-electron chi connectivity index (χ0n) is 22.3. The molecule has 1 aliphatic rings. The number of pyridine rings is 1. The Kier molecular flexibility index (Phi) is 7.57. The van der Waals surface area contributed by atoms with Gasteiger partial charge in [-0.15, -0.1) is 0 Å². The van der Waals surface area contributed by atoms with Gasteiger partial charge in [-0.05, 0) is 37.5 Å². The van der Waals surface area contributed by atoms with Gasteiger partial charge in [0.25, 0.3) is 12.0 Å². The van der Waals surface area contributed by atoms with Crippen LogP contribution < -0.4 is 10.5 Å². The fourth-order valence-electron chi connectivity index (χ4n) is 5.76. The molecule has 0 aliphatic carbocycles. The second-order valence-electron chi connectivity index (χ2n) is 10.0. The lowest BCUT2D eigenvalue weighted by molar-refractivity contribution is 0.101. The van der Waals surface area contributed by atoms with E-state index < -0.39 is 18.5 Å². The van der Waals surface area contributed by atoms with Crippen LogP contribution in [0.4, 0.5) is 14.5 Å². The fraction of sp³-hybridized carbons (Fsp3) is 0.464. The summed E-state index contributed by atoms with van der Waals surface area (Å²) in [5.74, 6) is 0. The molecule has 39 heavy (non-hydrogen) atoms. The quantitative estimate of drug-likeness (QED) is 0.331. The Balaban J connectivity index is 1.52. The maximum absolute atomic E-state index is 13.3. The van der Waals surface area contributed by atoms with Crippen molar-refractivity contribution in [3.8, 4) is 6.07 Å². The van der Waals surface area contributed by atoms with E-state index in [9.17, 15) is 18.8 Å². The number of halogens is 2. The molecule has 3 aromatic heterocycles. The predicted molar refractivity (Wildman–Crippen MR) is 146 cm³/mol. The first-order valence-electron chi connectivity index (χ1n) is 13.3. The van der Waals surface area contributed by atoms with E-state index in [0.717, 1.165) is 40.6 Å². The van der Waals surface area contributed by atoms with Crippen LogP contribution >= 0.6 is 0 Å². The number of hydrogen-bond donors (Lipinski definition) is 0. The summed E-state index contributed by atoms with van der Waals surface area (Å²) in [4.78, 5) is 26.7. The van der Waals surface area contributed by atoms with Gasteiger partial charge in [0.1, 0.15) is 12.1 Å². The minimum atomic E-state index is -2.69. The Labute approximate surface area is 225 Å². The Morgan fingerprint density at radius 3 is 2.51 bits per heavy atom. The summed E-state index contributed by atoms with van der Waals surface area (Å²) in [5, 5.41) is 13.7. The molecule has 204 valence electrons. The van der Waals surface area contributed by atoms with Gasteiger partial charge in [0.15, 0.2) is 0 Å². The highest BCUT2D eigenvalue weighted by Crippen LogP contribution is 2.35. The van der Waals surface area contributed by atoms with E-state index in [4.69, 9.17) is 0 Å². The van der Waals surface area contributed by atoms with E-state index in [2.05, 4.69) is 57.8 Å². The molecule has 0 spiro atoms. The number of rotatable bonds is 8. The summed E-state index contributed by atoms with van der Waals surface area (Å²) in [6, 6.07) is 10.1. The average molecular weight is 535 g/mol. The molecule has 3 atom stereocenters. The van der Waals surface area contributed by atoms with E-state index >= 15 is 0 Å². The number of nitrogens with zero attached hydrogens (tertiary/aromatic N) is 8. The summed E-state index contributed by atoms with van der Waals surface area (Å²) < 4.78 is 29.1. The molecule has 0 saturated carbocycles. The van der Waals surface area contributed by atoms with E-state index in [1.54, 1.807) is 12.4 Å². The molecule has 9 nitrogen and oxygen atoms in total. The number of hydrogen-bond acceptors (Lipinski definition) is 7. The van der Waals surface area contributed by atoms with Crippen molar-refractivity contribution < 1.29 is 8.78 Å². The van der Waals surface area contributed by atoms with E-state index in [1.165, 1.54) is 16.9 Å². The molecule has 0 amide bonds. The van der Waals surface area contributed by atoms with Crippen LogP contribution in [0, 0.1) is 11.3 Å². The average Bonchev–Trinajstić information content (AvgIpc) is 3.37. The first-order chi connectivity index (χ1) is 18.8. The van der Waals surface area contributed by atoms with Gasteiger partial charge >= 0.3 is 0 Å². The van der Waals surface area contributed by atoms with Crippen molar-refractivity contribution in [3.63, 3.8) is 0 Å². The van der Waals surface area contributed by atoms with Crippen LogP contribution in [0.2, 0.25) is 0 Å². The zero-order chi connectivity index (χ0) is 27.7. The first kappa shape index (κ1) is 26.7. The minimum Gasteiger partial charge on any atom is -0.364 e. The molecule has 1 saturated heterocycles. The molecule has 0 bridgehead atoms. The van der Waals surface area contributed by atoms with Gasteiger partial charge < -0.3 is 4.90 Å². The van der Waals surface area contributed by atoms with E-state index in [1.807, 2.05) is 12.1 Å².